The molecule has 1 saturated heterocycles. The zero-order valence-corrected chi connectivity index (χ0v) is 13.8. The molecule has 2 unspecified atom stereocenters. The summed E-state index contributed by atoms with van der Waals surface area (Å²) in [4.78, 5) is 14.7. The van der Waals surface area contributed by atoms with Gasteiger partial charge in [0.2, 0.25) is 5.91 Å². The second-order valence-corrected chi connectivity index (χ2v) is 6.33. The van der Waals surface area contributed by atoms with Gasteiger partial charge in [0.15, 0.2) is 0 Å². The molecule has 1 fully saturated rings. The Balaban J connectivity index is 2.00. The van der Waals surface area contributed by atoms with E-state index in [1.807, 2.05) is 38.1 Å². The molecular weight excluding hydrogens is 278 g/mol. The lowest BCUT2D eigenvalue weighted by atomic mass is 9.90. The molecule has 2 rings (SSSR count). The van der Waals surface area contributed by atoms with E-state index in [9.17, 15) is 4.79 Å². The number of para-hydroxylation sites is 2. The van der Waals surface area contributed by atoms with Crippen LogP contribution < -0.4 is 15.8 Å². The van der Waals surface area contributed by atoms with Crippen molar-refractivity contribution in [1.29, 1.82) is 0 Å². The molecule has 0 radical (unpaired) electrons. The van der Waals surface area contributed by atoms with Crippen molar-refractivity contribution >= 4 is 11.6 Å². The van der Waals surface area contributed by atoms with E-state index in [0.29, 0.717) is 18.9 Å². The summed E-state index contributed by atoms with van der Waals surface area (Å²) in [6.07, 6.45) is 1.04. The Bertz CT molecular complexity index is 520. The third-order valence-corrected chi connectivity index (χ3v) is 4.45. The Morgan fingerprint density at radius 2 is 2.23 bits per heavy atom. The highest BCUT2D eigenvalue weighted by atomic mass is 16.5. The average Bonchev–Trinajstić information content (AvgIpc) is 2.92. The summed E-state index contributed by atoms with van der Waals surface area (Å²) in [6.45, 7) is 9.07. The minimum Gasteiger partial charge on any atom is -0.492 e. The molecule has 5 heteroatoms. The van der Waals surface area contributed by atoms with Crippen LogP contribution in [0.3, 0.4) is 0 Å². The number of ether oxygens (including phenoxy) is 1. The molecule has 1 aliphatic heterocycles. The standard InChI is InChI=1S/C17H27N3O2/c1-4-22-15-8-6-5-7-14(15)19-16(21)13(2)20-10-9-17(3,11-18)12-20/h5-8,13H,4,9-12,18H2,1-3H3,(H,19,21). The maximum atomic E-state index is 12.5. The fraction of sp³-hybridized carbons (Fsp3) is 0.588. The van der Waals surface area contributed by atoms with Crippen LogP contribution in [0.2, 0.25) is 0 Å². The van der Waals surface area contributed by atoms with E-state index >= 15 is 0 Å². The number of hydrogen-bond donors (Lipinski definition) is 2. The van der Waals surface area contributed by atoms with Gasteiger partial charge in [-0.1, -0.05) is 19.1 Å². The summed E-state index contributed by atoms with van der Waals surface area (Å²) < 4.78 is 5.55. The molecule has 1 heterocycles. The second kappa shape index (κ2) is 7.11. The second-order valence-electron chi connectivity index (χ2n) is 6.33. The minimum atomic E-state index is -0.178. The highest BCUT2D eigenvalue weighted by molar-refractivity contribution is 5.95. The van der Waals surface area contributed by atoms with Gasteiger partial charge in [0.05, 0.1) is 18.3 Å². The Morgan fingerprint density at radius 1 is 1.50 bits per heavy atom. The van der Waals surface area contributed by atoms with E-state index in [1.54, 1.807) is 0 Å². The highest BCUT2D eigenvalue weighted by Gasteiger charge is 2.36. The average molecular weight is 305 g/mol. The lowest BCUT2D eigenvalue weighted by Crippen LogP contribution is -2.42. The van der Waals surface area contributed by atoms with Crippen LogP contribution in [0.1, 0.15) is 27.2 Å². The number of carbonyl (C=O) groups excluding carboxylic acids is 1. The van der Waals surface area contributed by atoms with Crippen molar-refractivity contribution in [2.45, 2.75) is 33.2 Å². The predicted molar refractivity (Wildman–Crippen MR) is 89.1 cm³/mol. The number of likely N-dealkylation sites (tertiary alicyclic amines) is 1. The molecule has 0 aromatic heterocycles. The maximum Gasteiger partial charge on any atom is 0.241 e. The molecule has 22 heavy (non-hydrogen) atoms. The third-order valence-electron chi connectivity index (χ3n) is 4.45. The molecule has 3 N–H and O–H groups in total. The molecule has 2 atom stereocenters. The number of hydrogen-bond acceptors (Lipinski definition) is 4. The zero-order chi connectivity index (χ0) is 16.2. The van der Waals surface area contributed by atoms with E-state index < -0.39 is 0 Å². The van der Waals surface area contributed by atoms with E-state index in [4.69, 9.17) is 10.5 Å². The Morgan fingerprint density at radius 3 is 2.86 bits per heavy atom. The molecule has 1 amide bonds. The van der Waals surface area contributed by atoms with Crippen molar-refractivity contribution in [2.24, 2.45) is 11.1 Å². The summed E-state index contributed by atoms with van der Waals surface area (Å²) in [5, 5.41) is 2.98. The van der Waals surface area contributed by atoms with Crippen molar-refractivity contribution in [3.8, 4) is 5.75 Å². The summed E-state index contributed by atoms with van der Waals surface area (Å²) in [7, 11) is 0. The summed E-state index contributed by atoms with van der Waals surface area (Å²) >= 11 is 0. The van der Waals surface area contributed by atoms with Crippen LogP contribution in [0.15, 0.2) is 24.3 Å². The Hall–Kier alpha value is -1.59. The van der Waals surface area contributed by atoms with Crippen LogP contribution in [0.5, 0.6) is 5.75 Å². The van der Waals surface area contributed by atoms with Gasteiger partial charge in [0, 0.05) is 6.54 Å². The van der Waals surface area contributed by atoms with Gasteiger partial charge in [-0.2, -0.15) is 0 Å². The van der Waals surface area contributed by atoms with Gasteiger partial charge in [-0.25, -0.2) is 0 Å². The van der Waals surface area contributed by atoms with E-state index in [0.717, 1.165) is 25.2 Å². The first-order valence-electron chi connectivity index (χ1n) is 7.96. The fourth-order valence-corrected chi connectivity index (χ4v) is 2.81. The number of benzene rings is 1. The van der Waals surface area contributed by atoms with E-state index in [2.05, 4.69) is 17.1 Å². The van der Waals surface area contributed by atoms with E-state index in [-0.39, 0.29) is 17.4 Å². The van der Waals surface area contributed by atoms with Crippen molar-refractivity contribution < 1.29 is 9.53 Å². The van der Waals surface area contributed by atoms with Crippen LogP contribution in [-0.2, 0) is 4.79 Å². The van der Waals surface area contributed by atoms with Crippen molar-refractivity contribution in [1.82, 2.24) is 4.90 Å². The van der Waals surface area contributed by atoms with Crippen molar-refractivity contribution in [2.75, 3.05) is 31.6 Å². The number of nitrogens with zero attached hydrogens (tertiary/aromatic N) is 1. The van der Waals surface area contributed by atoms with Gasteiger partial charge < -0.3 is 15.8 Å². The molecule has 0 bridgehead atoms. The largest absolute Gasteiger partial charge is 0.492 e. The SMILES string of the molecule is CCOc1ccccc1NC(=O)C(C)N1CCC(C)(CN)C1. The van der Waals surface area contributed by atoms with Crippen LogP contribution in [0.4, 0.5) is 5.69 Å². The summed E-state index contributed by atoms with van der Waals surface area (Å²) in [6, 6.07) is 7.35. The number of anilines is 1. The number of amides is 1. The maximum absolute atomic E-state index is 12.5. The predicted octanol–water partition coefficient (Wildman–Crippen LogP) is 2.08. The zero-order valence-electron chi connectivity index (χ0n) is 13.8. The van der Waals surface area contributed by atoms with Crippen LogP contribution in [0.25, 0.3) is 0 Å². The molecular formula is C17H27N3O2. The van der Waals surface area contributed by atoms with Gasteiger partial charge in [0.1, 0.15) is 5.75 Å². The lowest BCUT2D eigenvalue weighted by Gasteiger charge is -2.26. The fourth-order valence-electron chi connectivity index (χ4n) is 2.81. The molecule has 122 valence electrons. The molecule has 0 saturated carbocycles. The number of carbonyl (C=O) groups is 1. The molecule has 1 aromatic rings. The monoisotopic (exact) mass is 305 g/mol. The normalized spacial score (nSPS) is 23.3. The van der Waals surface area contributed by atoms with Gasteiger partial charge in [-0.15, -0.1) is 0 Å². The number of nitrogens with two attached hydrogens (primary N) is 1. The molecule has 5 nitrogen and oxygen atoms in total. The van der Waals surface area contributed by atoms with Gasteiger partial charge in [0.25, 0.3) is 0 Å². The molecule has 1 aromatic carbocycles. The number of nitrogens with one attached hydrogen (secondary N) is 1. The first-order chi connectivity index (χ1) is 10.5. The summed E-state index contributed by atoms with van der Waals surface area (Å²) in [5.74, 6) is 0.701. The van der Waals surface area contributed by atoms with Crippen molar-refractivity contribution in [3.05, 3.63) is 24.3 Å². The van der Waals surface area contributed by atoms with Crippen LogP contribution in [0, 0.1) is 5.41 Å². The molecule has 0 aliphatic carbocycles. The molecule has 1 aliphatic rings. The summed E-state index contributed by atoms with van der Waals surface area (Å²) in [5.41, 5.74) is 6.69. The first-order valence-corrected chi connectivity index (χ1v) is 7.96. The molecule has 0 spiro atoms. The Labute approximate surface area is 132 Å². The van der Waals surface area contributed by atoms with Gasteiger partial charge >= 0.3 is 0 Å². The van der Waals surface area contributed by atoms with E-state index in [1.165, 1.54) is 0 Å². The minimum absolute atomic E-state index is 0.00609. The van der Waals surface area contributed by atoms with Gasteiger partial charge in [-0.05, 0) is 50.9 Å². The Kier molecular flexibility index (Phi) is 5.42. The van der Waals surface area contributed by atoms with Gasteiger partial charge in [-0.3, -0.25) is 9.69 Å². The topological polar surface area (TPSA) is 67.6 Å². The van der Waals surface area contributed by atoms with Crippen molar-refractivity contribution in [3.63, 3.8) is 0 Å². The quantitative estimate of drug-likeness (QED) is 0.844. The lowest BCUT2D eigenvalue weighted by molar-refractivity contribution is -0.120. The van der Waals surface area contributed by atoms with Crippen LogP contribution in [-0.4, -0.2) is 43.1 Å². The first kappa shape index (κ1) is 16.8. The highest BCUT2D eigenvalue weighted by Crippen LogP contribution is 2.30. The number of rotatable bonds is 6. The van der Waals surface area contributed by atoms with Crippen LogP contribution >= 0.6 is 0 Å². The third kappa shape index (κ3) is 3.78. The smallest absolute Gasteiger partial charge is 0.241 e.